The van der Waals surface area contributed by atoms with Gasteiger partial charge in [-0.3, -0.25) is 0 Å². The van der Waals surface area contributed by atoms with Gasteiger partial charge >= 0.3 is 0 Å². The van der Waals surface area contributed by atoms with Crippen LogP contribution in [0, 0.1) is 5.41 Å². The van der Waals surface area contributed by atoms with Gasteiger partial charge in [-0.25, -0.2) is 4.98 Å². The molecule has 1 fully saturated rings. The van der Waals surface area contributed by atoms with Crippen molar-refractivity contribution in [3.8, 4) is 0 Å². The number of imidazole rings is 1. The minimum Gasteiger partial charge on any atom is -0.399 e. The van der Waals surface area contributed by atoms with Crippen molar-refractivity contribution in [1.29, 1.82) is 0 Å². The highest BCUT2D eigenvalue weighted by Gasteiger charge is 2.29. The molecule has 0 atom stereocenters. The van der Waals surface area contributed by atoms with E-state index in [1.807, 2.05) is 12.1 Å². The number of nitrogens with two attached hydrogens (primary N) is 1. The Bertz CT molecular complexity index is 626. The fourth-order valence-corrected chi connectivity index (χ4v) is 3.19. The van der Waals surface area contributed by atoms with Crippen LogP contribution in [0.25, 0.3) is 11.0 Å². The highest BCUT2D eigenvalue weighted by molar-refractivity contribution is 5.79. The molecule has 0 aliphatic carbocycles. The van der Waals surface area contributed by atoms with Gasteiger partial charge in [0.05, 0.1) is 11.0 Å². The quantitative estimate of drug-likeness (QED) is 0.877. The summed E-state index contributed by atoms with van der Waals surface area (Å²) in [5.41, 5.74) is 9.22. The molecular formula is C17H25N3O. The van der Waals surface area contributed by atoms with Gasteiger partial charge in [0.15, 0.2) is 0 Å². The number of fused-ring (bicyclic) bond motifs is 1. The number of hydrogen-bond donors (Lipinski definition) is 1. The Balaban J connectivity index is 2.00. The topological polar surface area (TPSA) is 53.1 Å². The van der Waals surface area contributed by atoms with Crippen LogP contribution in [-0.4, -0.2) is 22.8 Å². The summed E-state index contributed by atoms with van der Waals surface area (Å²) < 4.78 is 7.93. The van der Waals surface area contributed by atoms with Crippen molar-refractivity contribution in [3.63, 3.8) is 0 Å². The molecule has 21 heavy (non-hydrogen) atoms. The number of hydrogen-bond acceptors (Lipinski definition) is 3. The summed E-state index contributed by atoms with van der Waals surface area (Å²) in [5, 5.41) is 0. The molecule has 1 saturated heterocycles. The maximum atomic E-state index is 5.90. The van der Waals surface area contributed by atoms with Gasteiger partial charge in [-0.15, -0.1) is 0 Å². The highest BCUT2D eigenvalue weighted by Crippen LogP contribution is 2.34. The lowest BCUT2D eigenvalue weighted by atomic mass is 9.82. The Morgan fingerprint density at radius 3 is 2.81 bits per heavy atom. The Morgan fingerprint density at radius 1 is 1.33 bits per heavy atom. The Morgan fingerprint density at radius 2 is 2.10 bits per heavy atom. The van der Waals surface area contributed by atoms with E-state index in [1.165, 1.54) is 11.3 Å². The van der Waals surface area contributed by atoms with E-state index in [4.69, 9.17) is 15.5 Å². The zero-order valence-electron chi connectivity index (χ0n) is 13.1. The van der Waals surface area contributed by atoms with Crippen molar-refractivity contribution in [2.75, 3.05) is 18.9 Å². The summed E-state index contributed by atoms with van der Waals surface area (Å²) in [4.78, 5) is 4.81. The zero-order chi connectivity index (χ0) is 14.9. The van der Waals surface area contributed by atoms with Crippen LogP contribution < -0.4 is 5.73 Å². The summed E-state index contributed by atoms with van der Waals surface area (Å²) in [7, 11) is 0. The average Bonchev–Trinajstić information content (AvgIpc) is 2.76. The monoisotopic (exact) mass is 287 g/mol. The van der Waals surface area contributed by atoms with Gasteiger partial charge in [-0.2, -0.15) is 0 Å². The van der Waals surface area contributed by atoms with Gasteiger partial charge in [0.2, 0.25) is 0 Å². The standard InChI is InChI=1S/C17H25N3O/c1-3-4-16-19-14-11-13(18)5-6-15(14)20(16)12-17(2)7-9-21-10-8-17/h5-6,11H,3-4,7-10,12,18H2,1-2H3. The third-order valence-corrected chi connectivity index (χ3v) is 4.56. The van der Waals surface area contributed by atoms with Crippen LogP contribution in [0.4, 0.5) is 5.69 Å². The first kappa shape index (κ1) is 14.4. The lowest BCUT2D eigenvalue weighted by molar-refractivity contribution is 0.0157. The summed E-state index contributed by atoms with van der Waals surface area (Å²) in [6.07, 6.45) is 4.36. The number of aryl methyl sites for hydroxylation is 1. The third kappa shape index (κ3) is 2.91. The van der Waals surface area contributed by atoms with E-state index < -0.39 is 0 Å². The fraction of sp³-hybridized carbons (Fsp3) is 0.588. The summed E-state index contributed by atoms with van der Waals surface area (Å²) in [6, 6.07) is 6.07. The minimum absolute atomic E-state index is 0.301. The number of rotatable bonds is 4. The van der Waals surface area contributed by atoms with Gasteiger partial charge in [0.25, 0.3) is 0 Å². The van der Waals surface area contributed by atoms with Gasteiger partial charge in [-0.05, 0) is 42.9 Å². The predicted molar refractivity (Wildman–Crippen MR) is 86.3 cm³/mol. The first-order valence-corrected chi connectivity index (χ1v) is 7.94. The van der Waals surface area contributed by atoms with Crippen molar-refractivity contribution in [1.82, 2.24) is 9.55 Å². The van der Waals surface area contributed by atoms with Crippen LogP contribution in [0.2, 0.25) is 0 Å². The van der Waals surface area contributed by atoms with Crippen molar-refractivity contribution >= 4 is 16.7 Å². The van der Waals surface area contributed by atoms with Crippen molar-refractivity contribution < 1.29 is 4.74 Å². The number of aromatic nitrogens is 2. The molecule has 114 valence electrons. The number of ether oxygens (including phenoxy) is 1. The largest absolute Gasteiger partial charge is 0.399 e. The lowest BCUT2D eigenvalue weighted by Gasteiger charge is -2.34. The number of benzene rings is 1. The van der Waals surface area contributed by atoms with Crippen molar-refractivity contribution in [2.24, 2.45) is 5.41 Å². The molecule has 2 N–H and O–H groups in total. The molecule has 0 unspecified atom stereocenters. The fourth-order valence-electron chi connectivity index (χ4n) is 3.19. The second-order valence-corrected chi connectivity index (χ2v) is 6.54. The Kier molecular flexibility index (Phi) is 3.89. The van der Waals surface area contributed by atoms with Crippen LogP contribution in [0.3, 0.4) is 0 Å². The molecule has 2 aromatic rings. The van der Waals surface area contributed by atoms with Crippen molar-refractivity contribution in [2.45, 2.75) is 46.1 Å². The van der Waals surface area contributed by atoms with Gasteiger partial charge < -0.3 is 15.0 Å². The van der Waals surface area contributed by atoms with E-state index in [9.17, 15) is 0 Å². The SMILES string of the molecule is CCCc1nc2cc(N)ccc2n1CC1(C)CCOCC1. The molecule has 1 aliphatic rings. The first-order chi connectivity index (χ1) is 10.1. The molecule has 3 rings (SSSR count). The van der Waals surface area contributed by atoms with Crippen molar-refractivity contribution in [3.05, 3.63) is 24.0 Å². The molecule has 2 heterocycles. The average molecular weight is 287 g/mol. The molecule has 0 amide bonds. The van der Waals surface area contributed by atoms with Gasteiger partial charge in [-0.1, -0.05) is 13.8 Å². The normalized spacial score (nSPS) is 18.2. The van der Waals surface area contributed by atoms with E-state index >= 15 is 0 Å². The Labute approximate surface area is 126 Å². The summed E-state index contributed by atoms with van der Waals surface area (Å²) in [5.74, 6) is 1.19. The molecule has 4 nitrogen and oxygen atoms in total. The molecule has 4 heteroatoms. The van der Waals surface area contributed by atoms with Gasteiger partial charge in [0.1, 0.15) is 5.82 Å². The van der Waals surface area contributed by atoms with Crippen LogP contribution >= 0.6 is 0 Å². The van der Waals surface area contributed by atoms with E-state index in [0.29, 0.717) is 5.41 Å². The summed E-state index contributed by atoms with van der Waals surface area (Å²) >= 11 is 0. The van der Waals surface area contributed by atoms with E-state index in [0.717, 1.165) is 56.6 Å². The second-order valence-electron chi connectivity index (χ2n) is 6.54. The van der Waals surface area contributed by atoms with Gasteiger partial charge in [0, 0.05) is 31.9 Å². The first-order valence-electron chi connectivity index (χ1n) is 7.94. The smallest absolute Gasteiger partial charge is 0.109 e. The van der Waals surface area contributed by atoms with Crippen LogP contribution in [-0.2, 0) is 17.7 Å². The maximum absolute atomic E-state index is 5.90. The van der Waals surface area contributed by atoms with Crippen LogP contribution in [0.15, 0.2) is 18.2 Å². The maximum Gasteiger partial charge on any atom is 0.109 e. The third-order valence-electron chi connectivity index (χ3n) is 4.56. The second kappa shape index (κ2) is 5.68. The minimum atomic E-state index is 0.301. The molecule has 1 aliphatic heterocycles. The van der Waals surface area contributed by atoms with Crippen LogP contribution in [0.5, 0.6) is 0 Å². The molecule has 0 spiro atoms. The highest BCUT2D eigenvalue weighted by atomic mass is 16.5. The van der Waals surface area contributed by atoms with E-state index in [-0.39, 0.29) is 0 Å². The molecule has 0 radical (unpaired) electrons. The molecular weight excluding hydrogens is 262 g/mol. The zero-order valence-corrected chi connectivity index (χ0v) is 13.1. The Hall–Kier alpha value is -1.55. The molecule has 0 saturated carbocycles. The summed E-state index contributed by atoms with van der Waals surface area (Å²) in [6.45, 7) is 7.34. The molecule has 1 aromatic heterocycles. The van der Waals surface area contributed by atoms with Crippen LogP contribution in [0.1, 0.15) is 38.9 Å². The number of nitrogen functional groups attached to an aromatic ring is 1. The van der Waals surface area contributed by atoms with E-state index in [1.54, 1.807) is 0 Å². The molecule has 1 aromatic carbocycles. The van der Waals surface area contributed by atoms with E-state index in [2.05, 4.69) is 24.5 Å². The predicted octanol–water partition coefficient (Wildman–Crippen LogP) is 3.39. The molecule has 0 bridgehead atoms. The number of nitrogens with zero attached hydrogens (tertiary/aromatic N) is 2. The lowest BCUT2D eigenvalue weighted by Crippen LogP contribution is -2.31. The number of anilines is 1.